The molecule has 0 aromatic heterocycles. The van der Waals surface area contributed by atoms with Gasteiger partial charge in [0.25, 0.3) is 0 Å². The van der Waals surface area contributed by atoms with E-state index in [1.54, 1.807) is 0 Å². The minimum Gasteiger partial charge on any atom is -0.394 e. The van der Waals surface area contributed by atoms with Gasteiger partial charge < -0.3 is 70.0 Å². The van der Waals surface area contributed by atoms with E-state index in [1.165, 1.54) is 6.92 Å². The molecule has 2 aliphatic heterocycles. The molecule has 14 atom stereocenters. The first kappa shape index (κ1) is 32.5. The molecule has 2 rings (SSSR count). The van der Waals surface area contributed by atoms with Crippen LogP contribution in [0.3, 0.4) is 0 Å². The van der Waals surface area contributed by atoms with Crippen molar-refractivity contribution in [3.05, 3.63) is 0 Å². The van der Waals surface area contributed by atoms with Crippen LogP contribution >= 0.6 is 0 Å². The van der Waals surface area contributed by atoms with Gasteiger partial charge in [-0.1, -0.05) is 0 Å². The summed E-state index contributed by atoms with van der Waals surface area (Å²) in [6.45, 7) is -1.82. The van der Waals surface area contributed by atoms with Gasteiger partial charge >= 0.3 is 10.4 Å². The van der Waals surface area contributed by atoms with Crippen LogP contribution in [-0.2, 0) is 33.5 Å². The van der Waals surface area contributed by atoms with Crippen LogP contribution in [0.1, 0.15) is 6.92 Å². The first-order valence-corrected chi connectivity index (χ1v) is 12.4. The third kappa shape index (κ3) is 7.93. The Bertz CT molecular complexity index is 800. The SMILES string of the molecule is C[C@@H]1O[C@@H](O[C@H]2[C@H](O[C@@H]([C@H](O)[C@@H](O)CO)[C@H](O)CO)O[C@H](CO)[C@H](O)[C@@H]2OS(=O)(=O)O)[C@@H](O)[C@H](O)[C@@H]1O. The van der Waals surface area contributed by atoms with E-state index >= 15 is 0 Å². The van der Waals surface area contributed by atoms with Gasteiger partial charge in [0.15, 0.2) is 12.6 Å². The highest BCUT2D eigenvalue weighted by molar-refractivity contribution is 7.80. The van der Waals surface area contributed by atoms with E-state index in [0.717, 1.165) is 0 Å². The largest absolute Gasteiger partial charge is 0.397 e. The maximum absolute atomic E-state index is 11.5. The van der Waals surface area contributed by atoms with Crippen molar-refractivity contribution in [1.29, 1.82) is 0 Å². The zero-order valence-electron chi connectivity index (χ0n) is 19.4. The zero-order chi connectivity index (χ0) is 28.2. The van der Waals surface area contributed by atoms with E-state index in [2.05, 4.69) is 4.18 Å². The molecule has 11 N–H and O–H groups in total. The number of aliphatic hydroxyl groups excluding tert-OH is 10. The molecule has 2 aliphatic rings. The zero-order valence-corrected chi connectivity index (χ0v) is 20.2. The first-order chi connectivity index (χ1) is 17.2. The summed E-state index contributed by atoms with van der Waals surface area (Å²) in [6.07, 6.45) is -26.5. The quantitative estimate of drug-likeness (QED) is 0.0971. The fraction of sp³-hybridized carbons (Fsp3) is 1.00. The summed E-state index contributed by atoms with van der Waals surface area (Å²) in [7, 11) is -5.35. The molecule has 0 unspecified atom stereocenters. The van der Waals surface area contributed by atoms with E-state index in [1.807, 2.05) is 0 Å². The third-order valence-electron chi connectivity index (χ3n) is 5.91. The van der Waals surface area contributed by atoms with Gasteiger partial charge in [-0.2, -0.15) is 8.42 Å². The summed E-state index contributed by atoms with van der Waals surface area (Å²) >= 11 is 0. The molecule has 2 heterocycles. The van der Waals surface area contributed by atoms with Gasteiger partial charge in [-0.15, -0.1) is 0 Å². The second kappa shape index (κ2) is 13.6. The van der Waals surface area contributed by atoms with Crippen molar-refractivity contribution in [2.75, 3.05) is 19.8 Å². The van der Waals surface area contributed by atoms with Crippen LogP contribution in [-0.4, -0.2) is 170 Å². The van der Waals surface area contributed by atoms with Crippen molar-refractivity contribution in [2.45, 2.75) is 92.8 Å². The average molecular weight is 571 g/mol. The lowest BCUT2D eigenvalue weighted by Gasteiger charge is -2.47. The number of hydrogen-bond donors (Lipinski definition) is 11. The van der Waals surface area contributed by atoms with Gasteiger partial charge in [-0.05, 0) is 6.92 Å². The minimum absolute atomic E-state index is 1.00. The lowest BCUT2D eigenvalue weighted by molar-refractivity contribution is -0.373. The molecule has 37 heavy (non-hydrogen) atoms. The summed E-state index contributed by atoms with van der Waals surface area (Å²) < 4.78 is 58.2. The summed E-state index contributed by atoms with van der Waals surface area (Å²) in [5, 5.41) is 99.0. The van der Waals surface area contributed by atoms with Crippen molar-refractivity contribution in [3.8, 4) is 0 Å². The van der Waals surface area contributed by atoms with Gasteiger partial charge in [0.05, 0.1) is 25.9 Å². The monoisotopic (exact) mass is 570 g/mol. The average Bonchev–Trinajstić information content (AvgIpc) is 2.85. The maximum Gasteiger partial charge on any atom is 0.397 e. The van der Waals surface area contributed by atoms with Crippen molar-refractivity contribution in [2.24, 2.45) is 0 Å². The van der Waals surface area contributed by atoms with E-state index in [-0.39, 0.29) is 0 Å². The van der Waals surface area contributed by atoms with Gasteiger partial charge in [-0.3, -0.25) is 4.55 Å². The molecular formula is C18H34O18S. The highest BCUT2D eigenvalue weighted by Crippen LogP contribution is 2.33. The minimum atomic E-state index is -5.35. The number of aliphatic hydroxyl groups is 10. The molecular weight excluding hydrogens is 536 g/mol. The van der Waals surface area contributed by atoms with Gasteiger partial charge in [0, 0.05) is 0 Å². The maximum atomic E-state index is 11.5. The Kier molecular flexibility index (Phi) is 11.9. The fourth-order valence-electron chi connectivity index (χ4n) is 3.81. The highest BCUT2D eigenvalue weighted by Gasteiger charge is 2.54. The summed E-state index contributed by atoms with van der Waals surface area (Å²) in [4.78, 5) is 0. The second-order valence-corrected chi connectivity index (χ2v) is 9.63. The molecule has 2 fully saturated rings. The van der Waals surface area contributed by atoms with Crippen molar-refractivity contribution in [3.63, 3.8) is 0 Å². The van der Waals surface area contributed by atoms with Crippen LogP contribution in [0.15, 0.2) is 0 Å². The molecule has 0 aromatic carbocycles. The topological polar surface area (TPSA) is 303 Å². The van der Waals surface area contributed by atoms with E-state index in [0.29, 0.717) is 0 Å². The van der Waals surface area contributed by atoms with Gasteiger partial charge in [0.2, 0.25) is 0 Å². The van der Waals surface area contributed by atoms with Crippen LogP contribution in [0.4, 0.5) is 0 Å². The Morgan fingerprint density at radius 1 is 0.811 bits per heavy atom. The standard InChI is InChI=1S/C18H34O18S/c1-5-9(24)12(27)13(28)17(32-5)35-16-15(36-37(29,30)31)11(26)8(4-21)33-18(16)34-14(7(23)3-20)10(25)6(22)2-19/h5-28H,2-4H2,1H3,(H,29,30,31)/t5-,6-,7+,8+,9+,10+,11-,12+,13-,14+,15-,16+,17-,18-/m0/s1. The van der Waals surface area contributed by atoms with Crippen LogP contribution in [0.25, 0.3) is 0 Å². The lowest BCUT2D eigenvalue weighted by Crippen LogP contribution is -2.66. The molecule has 19 heteroatoms. The molecule has 0 bridgehead atoms. The van der Waals surface area contributed by atoms with Crippen LogP contribution < -0.4 is 0 Å². The Morgan fingerprint density at radius 3 is 1.92 bits per heavy atom. The van der Waals surface area contributed by atoms with Crippen LogP contribution in [0.5, 0.6) is 0 Å². The Morgan fingerprint density at radius 2 is 1.41 bits per heavy atom. The molecule has 0 saturated carbocycles. The Balaban J connectivity index is 2.49. The normalized spacial score (nSPS) is 40.6. The molecule has 0 spiro atoms. The second-order valence-electron chi connectivity index (χ2n) is 8.58. The molecule has 0 amide bonds. The summed E-state index contributed by atoms with van der Waals surface area (Å²) in [6, 6.07) is 0. The van der Waals surface area contributed by atoms with E-state index < -0.39 is 116 Å². The molecule has 220 valence electrons. The number of hydrogen-bond acceptors (Lipinski definition) is 17. The van der Waals surface area contributed by atoms with Crippen molar-refractivity contribution < 1.29 is 87.2 Å². The molecule has 18 nitrogen and oxygen atoms in total. The van der Waals surface area contributed by atoms with Crippen LogP contribution in [0, 0.1) is 0 Å². The van der Waals surface area contributed by atoms with Crippen molar-refractivity contribution >= 4 is 10.4 Å². The Hall–Kier alpha value is -0.690. The smallest absolute Gasteiger partial charge is 0.394 e. The fourth-order valence-corrected chi connectivity index (χ4v) is 4.31. The number of rotatable bonds is 12. The predicted octanol–water partition coefficient (Wildman–Crippen LogP) is -7.08. The first-order valence-electron chi connectivity index (χ1n) is 11.0. The van der Waals surface area contributed by atoms with Gasteiger partial charge in [-0.25, -0.2) is 4.18 Å². The summed E-state index contributed by atoms with van der Waals surface area (Å²) in [5.74, 6) is 0. The molecule has 0 aromatic rings. The molecule has 0 radical (unpaired) electrons. The lowest BCUT2D eigenvalue weighted by atomic mass is 9.97. The van der Waals surface area contributed by atoms with E-state index in [4.69, 9.17) is 24.1 Å². The predicted molar refractivity (Wildman–Crippen MR) is 112 cm³/mol. The van der Waals surface area contributed by atoms with Crippen molar-refractivity contribution in [1.82, 2.24) is 0 Å². The third-order valence-corrected chi connectivity index (χ3v) is 6.37. The molecule has 2 saturated heterocycles. The Labute approximate surface area is 210 Å². The highest BCUT2D eigenvalue weighted by atomic mass is 32.3. The number of ether oxygens (including phenoxy) is 4. The van der Waals surface area contributed by atoms with E-state index in [9.17, 15) is 58.9 Å². The van der Waals surface area contributed by atoms with Crippen LogP contribution in [0.2, 0.25) is 0 Å². The van der Waals surface area contributed by atoms with Gasteiger partial charge in [0.1, 0.15) is 67.1 Å². The molecule has 0 aliphatic carbocycles. The summed E-state index contributed by atoms with van der Waals surface area (Å²) in [5.41, 5.74) is 0.